The van der Waals surface area contributed by atoms with Gasteiger partial charge >= 0.3 is 0 Å². The fourth-order valence-corrected chi connectivity index (χ4v) is 2.83. The van der Waals surface area contributed by atoms with E-state index in [0.717, 1.165) is 18.8 Å². The standard InChI is InChI=1S/C14H21NO4S/c1-14(2,16)11-8-12(15-4-6-19-7-5-15)10-13(9-11)20(3,17)18/h8-10,16H,4-7H2,1-3H3. The first kappa shape index (κ1) is 15.3. The molecule has 0 unspecified atom stereocenters. The summed E-state index contributed by atoms with van der Waals surface area (Å²) in [5.41, 5.74) is 0.331. The lowest BCUT2D eigenvalue weighted by Gasteiger charge is -2.30. The molecule has 1 aliphatic rings. The summed E-state index contributed by atoms with van der Waals surface area (Å²) in [6.45, 7) is 5.99. The summed E-state index contributed by atoms with van der Waals surface area (Å²) < 4.78 is 29.0. The summed E-state index contributed by atoms with van der Waals surface area (Å²) in [5.74, 6) is 0. The van der Waals surface area contributed by atoms with Crippen molar-refractivity contribution in [1.29, 1.82) is 0 Å². The van der Waals surface area contributed by atoms with E-state index < -0.39 is 15.4 Å². The number of benzene rings is 1. The van der Waals surface area contributed by atoms with Crippen LogP contribution in [-0.2, 0) is 20.2 Å². The lowest BCUT2D eigenvalue weighted by Crippen LogP contribution is -2.36. The number of sulfone groups is 1. The highest BCUT2D eigenvalue weighted by Crippen LogP contribution is 2.29. The van der Waals surface area contributed by atoms with Crippen LogP contribution < -0.4 is 4.90 Å². The van der Waals surface area contributed by atoms with Crippen LogP contribution in [-0.4, -0.2) is 46.1 Å². The van der Waals surface area contributed by atoms with Crippen LogP contribution in [0.1, 0.15) is 19.4 Å². The van der Waals surface area contributed by atoms with Crippen molar-refractivity contribution >= 4 is 15.5 Å². The maximum Gasteiger partial charge on any atom is 0.175 e. The Labute approximate surface area is 120 Å². The monoisotopic (exact) mass is 299 g/mol. The predicted octanol–water partition coefficient (Wildman–Crippen LogP) is 1.15. The fourth-order valence-electron chi connectivity index (χ4n) is 2.15. The highest BCUT2D eigenvalue weighted by atomic mass is 32.2. The second-order valence-electron chi connectivity index (χ2n) is 5.65. The van der Waals surface area contributed by atoms with Gasteiger partial charge in [-0.1, -0.05) is 0 Å². The van der Waals surface area contributed by atoms with E-state index in [0.29, 0.717) is 18.8 Å². The van der Waals surface area contributed by atoms with Crippen molar-refractivity contribution in [3.8, 4) is 0 Å². The van der Waals surface area contributed by atoms with Gasteiger partial charge in [-0.25, -0.2) is 8.42 Å². The second kappa shape index (κ2) is 5.35. The van der Waals surface area contributed by atoms with Crippen molar-refractivity contribution in [1.82, 2.24) is 0 Å². The molecule has 1 heterocycles. The van der Waals surface area contributed by atoms with Crippen molar-refractivity contribution in [2.75, 3.05) is 37.5 Å². The number of ether oxygens (including phenoxy) is 1. The van der Waals surface area contributed by atoms with E-state index in [1.807, 2.05) is 6.07 Å². The molecule has 112 valence electrons. The van der Waals surface area contributed by atoms with E-state index in [4.69, 9.17) is 4.74 Å². The summed E-state index contributed by atoms with van der Waals surface area (Å²) in [4.78, 5) is 2.31. The van der Waals surface area contributed by atoms with E-state index in [1.165, 1.54) is 6.26 Å². The second-order valence-corrected chi connectivity index (χ2v) is 7.66. The minimum absolute atomic E-state index is 0.235. The smallest absolute Gasteiger partial charge is 0.175 e. The molecular weight excluding hydrogens is 278 g/mol. The first-order valence-electron chi connectivity index (χ1n) is 6.58. The molecule has 0 radical (unpaired) electrons. The van der Waals surface area contributed by atoms with Crippen LogP contribution in [0.5, 0.6) is 0 Å². The molecule has 0 atom stereocenters. The van der Waals surface area contributed by atoms with Gasteiger partial charge in [-0.15, -0.1) is 0 Å². The number of hydrogen-bond acceptors (Lipinski definition) is 5. The Morgan fingerprint density at radius 2 is 1.80 bits per heavy atom. The van der Waals surface area contributed by atoms with E-state index >= 15 is 0 Å². The van der Waals surface area contributed by atoms with Gasteiger partial charge in [-0.3, -0.25) is 0 Å². The van der Waals surface area contributed by atoms with E-state index in [1.54, 1.807) is 26.0 Å². The third-order valence-electron chi connectivity index (χ3n) is 3.40. The minimum atomic E-state index is -3.32. The van der Waals surface area contributed by atoms with Gasteiger partial charge in [-0.05, 0) is 37.6 Å². The molecule has 6 heteroatoms. The number of aliphatic hydroxyl groups is 1. The normalized spacial score (nSPS) is 17.3. The third kappa shape index (κ3) is 3.50. The Morgan fingerprint density at radius 3 is 2.30 bits per heavy atom. The SMILES string of the molecule is CC(C)(O)c1cc(N2CCOCC2)cc(S(C)(=O)=O)c1. The quantitative estimate of drug-likeness (QED) is 0.907. The minimum Gasteiger partial charge on any atom is -0.386 e. The Morgan fingerprint density at radius 1 is 1.20 bits per heavy atom. The molecule has 1 aromatic carbocycles. The van der Waals surface area contributed by atoms with Gasteiger partial charge in [0, 0.05) is 25.0 Å². The van der Waals surface area contributed by atoms with E-state index in [9.17, 15) is 13.5 Å². The molecule has 0 aliphatic carbocycles. The molecule has 0 spiro atoms. The molecule has 1 aliphatic heterocycles. The van der Waals surface area contributed by atoms with Gasteiger partial charge in [-0.2, -0.15) is 0 Å². The van der Waals surface area contributed by atoms with Crippen LogP contribution in [0.3, 0.4) is 0 Å². The largest absolute Gasteiger partial charge is 0.386 e. The lowest BCUT2D eigenvalue weighted by atomic mass is 9.97. The van der Waals surface area contributed by atoms with Gasteiger partial charge in [0.15, 0.2) is 9.84 Å². The molecule has 0 aromatic heterocycles. The summed E-state index contributed by atoms with van der Waals surface area (Å²) in [5, 5.41) is 10.2. The molecular formula is C14H21NO4S. The zero-order chi connectivity index (χ0) is 15.0. The average molecular weight is 299 g/mol. The van der Waals surface area contributed by atoms with Crippen molar-refractivity contribution in [2.24, 2.45) is 0 Å². The Balaban J connectivity index is 2.51. The van der Waals surface area contributed by atoms with E-state index in [-0.39, 0.29) is 4.90 Å². The number of hydrogen-bond donors (Lipinski definition) is 1. The summed E-state index contributed by atoms with van der Waals surface area (Å²) in [6.07, 6.45) is 1.18. The maximum absolute atomic E-state index is 11.8. The topological polar surface area (TPSA) is 66.8 Å². The molecule has 1 N–H and O–H groups in total. The Kier molecular flexibility index (Phi) is 4.09. The zero-order valence-electron chi connectivity index (χ0n) is 12.1. The Hall–Kier alpha value is -1.11. The number of nitrogens with zero attached hydrogens (tertiary/aromatic N) is 1. The molecule has 5 nitrogen and oxygen atoms in total. The molecule has 1 aromatic rings. The molecule has 1 saturated heterocycles. The van der Waals surface area contributed by atoms with Crippen LogP contribution >= 0.6 is 0 Å². The van der Waals surface area contributed by atoms with Crippen LogP contribution in [0.25, 0.3) is 0 Å². The van der Waals surface area contributed by atoms with Crippen molar-refractivity contribution in [2.45, 2.75) is 24.3 Å². The number of anilines is 1. The van der Waals surface area contributed by atoms with Crippen LogP contribution in [0.15, 0.2) is 23.1 Å². The van der Waals surface area contributed by atoms with Gasteiger partial charge in [0.2, 0.25) is 0 Å². The molecule has 2 rings (SSSR count). The van der Waals surface area contributed by atoms with Crippen LogP contribution in [0.2, 0.25) is 0 Å². The zero-order valence-corrected chi connectivity index (χ0v) is 12.9. The molecule has 20 heavy (non-hydrogen) atoms. The lowest BCUT2D eigenvalue weighted by molar-refractivity contribution is 0.0783. The highest BCUT2D eigenvalue weighted by Gasteiger charge is 2.22. The first-order chi connectivity index (χ1) is 9.18. The number of rotatable bonds is 3. The van der Waals surface area contributed by atoms with Gasteiger partial charge in [0.25, 0.3) is 0 Å². The van der Waals surface area contributed by atoms with Crippen molar-refractivity contribution < 1.29 is 18.3 Å². The van der Waals surface area contributed by atoms with Gasteiger partial charge in [0.05, 0.1) is 23.7 Å². The number of morpholine rings is 1. The van der Waals surface area contributed by atoms with Crippen molar-refractivity contribution in [3.63, 3.8) is 0 Å². The summed E-state index contributed by atoms with van der Waals surface area (Å²) in [6, 6.07) is 5.05. The summed E-state index contributed by atoms with van der Waals surface area (Å²) >= 11 is 0. The molecule has 0 saturated carbocycles. The highest BCUT2D eigenvalue weighted by molar-refractivity contribution is 7.90. The first-order valence-corrected chi connectivity index (χ1v) is 8.48. The molecule has 0 amide bonds. The maximum atomic E-state index is 11.8. The Bertz CT molecular complexity index is 584. The van der Waals surface area contributed by atoms with Gasteiger partial charge < -0.3 is 14.7 Å². The third-order valence-corrected chi connectivity index (χ3v) is 4.49. The fraction of sp³-hybridized carbons (Fsp3) is 0.571. The molecule has 0 bridgehead atoms. The van der Waals surface area contributed by atoms with E-state index in [2.05, 4.69) is 4.90 Å². The average Bonchev–Trinajstić information content (AvgIpc) is 2.37. The predicted molar refractivity (Wildman–Crippen MR) is 77.8 cm³/mol. The molecule has 1 fully saturated rings. The van der Waals surface area contributed by atoms with Crippen molar-refractivity contribution in [3.05, 3.63) is 23.8 Å². The van der Waals surface area contributed by atoms with Crippen LogP contribution in [0, 0.1) is 0 Å². The van der Waals surface area contributed by atoms with Gasteiger partial charge in [0.1, 0.15) is 0 Å². The van der Waals surface area contributed by atoms with Crippen LogP contribution in [0.4, 0.5) is 5.69 Å². The summed E-state index contributed by atoms with van der Waals surface area (Å²) in [7, 11) is -3.32.